The average Bonchev–Trinajstić information content (AvgIpc) is 2.68. The van der Waals surface area contributed by atoms with Crippen molar-refractivity contribution in [2.45, 2.75) is 38.9 Å². The molecule has 0 bridgehead atoms. The molecule has 19 heavy (non-hydrogen) atoms. The van der Waals surface area contributed by atoms with Crippen molar-refractivity contribution in [3.8, 4) is 0 Å². The maximum absolute atomic E-state index is 11.9. The summed E-state index contributed by atoms with van der Waals surface area (Å²) in [6.45, 7) is 4.70. The molecule has 2 unspecified atom stereocenters. The quantitative estimate of drug-likeness (QED) is 0.789. The predicted molar refractivity (Wildman–Crippen MR) is 76.6 cm³/mol. The monoisotopic (exact) mass is 281 g/mol. The molecule has 1 heterocycles. The zero-order chi connectivity index (χ0) is 13.8. The van der Waals surface area contributed by atoms with Crippen molar-refractivity contribution in [2.75, 3.05) is 0 Å². The Kier molecular flexibility index (Phi) is 4.80. The van der Waals surface area contributed by atoms with Crippen molar-refractivity contribution in [2.24, 2.45) is 5.92 Å². The molecule has 2 atom stereocenters. The van der Waals surface area contributed by atoms with Crippen LogP contribution in [0.5, 0.6) is 0 Å². The van der Waals surface area contributed by atoms with E-state index in [0.29, 0.717) is 36.0 Å². The van der Waals surface area contributed by atoms with E-state index >= 15 is 0 Å². The van der Waals surface area contributed by atoms with Crippen LogP contribution in [0, 0.1) is 5.92 Å². The van der Waals surface area contributed by atoms with Gasteiger partial charge >= 0.3 is 0 Å². The highest BCUT2D eigenvalue weighted by atomic mass is 35.5. The number of benzene rings is 1. The van der Waals surface area contributed by atoms with E-state index in [1.165, 1.54) is 0 Å². The first-order chi connectivity index (χ1) is 9.06. The van der Waals surface area contributed by atoms with Crippen LogP contribution in [0.4, 0.5) is 0 Å². The van der Waals surface area contributed by atoms with E-state index < -0.39 is 0 Å². The van der Waals surface area contributed by atoms with Crippen LogP contribution in [-0.4, -0.2) is 18.0 Å². The summed E-state index contributed by atoms with van der Waals surface area (Å²) in [4.78, 5) is 11.9. The number of hydrogen-bond acceptors (Lipinski definition) is 3. The first-order valence-corrected chi connectivity index (χ1v) is 6.96. The van der Waals surface area contributed by atoms with Gasteiger partial charge < -0.3 is 5.32 Å². The minimum absolute atomic E-state index is 0.0779. The van der Waals surface area contributed by atoms with Crippen molar-refractivity contribution in [3.63, 3.8) is 0 Å². The molecule has 104 valence electrons. The van der Waals surface area contributed by atoms with Gasteiger partial charge in [-0.3, -0.25) is 15.6 Å². The summed E-state index contributed by atoms with van der Waals surface area (Å²) in [5, 5.41) is 3.63. The molecular formula is C14H20ClN3O. The first-order valence-electron chi connectivity index (χ1n) is 6.58. The van der Waals surface area contributed by atoms with Crippen LogP contribution < -0.4 is 16.2 Å². The number of nitrogens with one attached hydrogen (secondary N) is 3. The topological polar surface area (TPSA) is 53.2 Å². The smallest absolute Gasteiger partial charge is 0.220 e. The fraction of sp³-hybridized carbons (Fsp3) is 0.500. The predicted octanol–water partition coefficient (Wildman–Crippen LogP) is 1.85. The van der Waals surface area contributed by atoms with Crippen molar-refractivity contribution in [3.05, 3.63) is 34.9 Å². The number of hydrazine groups is 1. The van der Waals surface area contributed by atoms with Gasteiger partial charge in [0.1, 0.15) is 0 Å². The SMILES string of the molecule is CC1NNC(C)C1CC(=O)NCc1cccc(Cl)c1. The molecule has 4 nitrogen and oxygen atoms in total. The van der Waals surface area contributed by atoms with Gasteiger partial charge in [-0.2, -0.15) is 0 Å². The van der Waals surface area contributed by atoms with Crippen LogP contribution in [0.15, 0.2) is 24.3 Å². The van der Waals surface area contributed by atoms with Gasteiger partial charge in [-0.15, -0.1) is 0 Å². The number of rotatable bonds is 4. The van der Waals surface area contributed by atoms with E-state index in [4.69, 9.17) is 11.6 Å². The van der Waals surface area contributed by atoms with Crippen molar-refractivity contribution < 1.29 is 4.79 Å². The molecule has 0 spiro atoms. The summed E-state index contributed by atoms with van der Waals surface area (Å²) in [5.41, 5.74) is 7.34. The van der Waals surface area contributed by atoms with Gasteiger partial charge in [0.05, 0.1) is 0 Å². The standard InChI is InChI=1S/C14H20ClN3O/c1-9-13(10(2)18-17-9)7-14(19)16-8-11-4-3-5-12(15)6-11/h3-6,9-10,13,17-18H,7-8H2,1-2H3,(H,16,19). The largest absolute Gasteiger partial charge is 0.352 e. The molecule has 2 rings (SSSR count). The fourth-order valence-electron chi connectivity index (χ4n) is 2.40. The van der Waals surface area contributed by atoms with Gasteiger partial charge in [-0.25, -0.2) is 0 Å². The lowest BCUT2D eigenvalue weighted by atomic mass is 9.93. The first kappa shape index (κ1) is 14.3. The van der Waals surface area contributed by atoms with E-state index in [1.54, 1.807) is 0 Å². The Labute approximate surface area is 118 Å². The Morgan fingerprint density at radius 1 is 1.32 bits per heavy atom. The molecule has 1 aromatic carbocycles. The fourth-order valence-corrected chi connectivity index (χ4v) is 2.61. The highest BCUT2D eigenvalue weighted by Gasteiger charge is 2.31. The average molecular weight is 282 g/mol. The summed E-state index contributed by atoms with van der Waals surface area (Å²) in [6.07, 6.45) is 0.531. The molecule has 1 saturated heterocycles. The van der Waals surface area contributed by atoms with Crippen molar-refractivity contribution >= 4 is 17.5 Å². The van der Waals surface area contributed by atoms with Gasteiger partial charge in [-0.1, -0.05) is 23.7 Å². The highest BCUT2D eigenvalue weighted by Crippen LogP contribution is 2.18. The Morgan fingerprint density at radius 3 is 2.63 bits per heavy atom. The summed E-state index contributed by atoms with van der Waals surface area (Å²) >= 11 is 5.91. The van der Waals surface area contributed by atoms with Crippen LogP contribution in [0.25, 0.3) is 0 Å². The normalized spacial score (nSPS) is 26.4. The van der Waals surface area contributed by atoms with Crippen LogP contribution in [0.2, 0.25) is 5.02 Å². The number of carbonyl (C=O) groups is 1. The molecular weight excluding hydrogens is 262 g/mol. The zero-order valence-corrected chi connectivity index (χ0v) is 12.0. The highest BCUT2D eigenvalue weighted by molar-refractivity contribution is 6.30. The molecule has 1 fully saturated rings. The second-order valence-electron chi connectivity index (χ2n) is 5.14. The lowest BCUT2D eigenvalue weighted by molar-refractivity contribution is -0.122. The summed E-state index contributed by atoms with van der Waals surface area (Å²) < 4.78 is 0. The lowest BCUT2D eigenvalue weighted by Crippen LogP contribution is -2.31. The second kappa shape index (κ2) is 6.37. The molecule has 1 aliphatic heterocycles. The third-order valence-corrected chi connectivity index (χ3v) is 3.86. The molecule has 3 N–H and O–H groups in total. The van der Waals surface area contributed by atoms with Gasteiger partial charge in [-0.05, 0) is 31.5 Å². The molecule has 0 aromatic heterocycles. The maximum atomic E-state index is 11.9. The van der Waals surface area contributed by atoms with Crippen LogP contribution in [0.1, 0.15) is 25.8 Å². The molecule has 0 radical (unpaired) electrons. The molecule has 1 aromatic rings. The van der Waals surface area contributed by atoms with Crippen molar-refractivity contribution in [1.82, 2.24) is 16.2 Å². The minimum atomic E-state index is 0.0779. The van der Waals surface area contributed by atoms with Crippen LogP contribution >= 0.6 is 11.6 Å². The van der Waals surface area contributed by atoms with E-state index in [9.17, 15) is 4.79 Å². The molecule has 1 amide bonds. The summed E-state index contributed by atoms with van der Waals surface area (Å²) in [6, 6.07) is 8.16. The number of amides is 1. The Hall–Kier alpha value is -1.10. The van der Waals surface area contributed by atoms with Gasteiger partial charge in [0.2, 0.25) is 5.91 Å². The molecule has 5 heteroatoms. The second-order valence-corrected chi connectivity index (χ2v) is 5.58. The summed E-state index contributed by atoms with van der Waals surface area (Å²) in [5.74, 6) is 0.397. The maximum Gasteiger partial charge on any atom is 0.220 e. The summed E-state index contributed by atoms with van der Waals surface area (Å²) in [7, 11) is 0. The Balaban J connectivity index is 1.82. The zero-order valence-electron chi connectivity index (χ0n) is 11.2. The van der Waals surface area contributed by atoms with E-state index in [0.717, 1.165) is 5.56 Å². The van der Waals surface area contributed by atoms with Crippen LogP contribution in [-0.2, 0) is 11.3 Å². The Bertz CT molecular complexity index is 442. The minimum Gasteiger partial charge on any atom is -0.352 e. The van der Waals surface area contributed by atoms with E-state index in [2.05, 4.69) is 30.0 Å². The van der Waals surface area contributed by atoms with Gasteiger partial charge in [0, 0.05) is 36.0 Å². The van der Waals surface area contributed by atoms with Gasteiger partial charge in [0.15, 0.2) is 0 Å². The Morgan fingerprint density at radius 2 is 2.00 bits per heavy atom. The molecule has 0 aliphatic carbocycles. The lowest BCUT2D eigenvalue weighted by Gasteiger charge is -2.17. The van der Waals surface area contributed by atoms with E-state index in [-0.39, 0.29) is 5.91 Å². The third kappa shape index (κ3) is 3.93. The van der Waals surface area contributed by atoms with Crippen molar-refractivity contribution in [1.29, 1.82) is 0 Å². The van der Waals surface area contributed by atoms with E-state index in [1.807, 2.05) is 24.3 Å². The third-order valence-electron chi connectivity index (χ3n) is 3.62. The van der Waals surface area contributed by atoms with Crippen LogP contribution in [0.3, 0.4) is 0 Å². The number of halogens is 1. The van der Waals surface area contributed by atoms with Gasteiger partial charge in [0.25, 0.3) is 0 Å². The number of carbonyl (C=O) groups excluding carboxylic acids is 1. The number of hydrogen-bond donors (Lipinski definition) is 3. The molecule has 0 saturated carbocycles. The molecule has 1 aliphatic rings.